The van der Waals surface area contributed by atoms with Gasteiger partial charge in [-0.1, -0.05) is 0 Å². The van der Waals surface area contributed by atoms with Crippen LogP contribution in [0.3, 0.4) is 0 Å². The molecular formula is C10H6BrNO3. The van der Waals surface area contributed by atoms with Gasteiger partial charge in [0, 0.05) is 10.0 Å². The van der Waals surface area contributed by atoms with E-state index in [-0.39, 0.29) is 16.7 Å². The summed E-state index contributed by atoms with van der Waals surface area (Å²) in [5.74, 6) is -0.551. The third-order valence-electron chi connectivity index (χ3n) is 1.79. The zero-order valence-electron chi connectivity index (χ0n) is 7.78. The highest BCUT2D eigenvalue weighted by atomic mass is 79.9. The van der Waals surface area contributed by atoms with Gasteiger partial charge in [-0.15, -0.1) is 0 Å². The van der Waals surface area contributed by atoms with Crippen LogP contribution in [-0.2, 0) is 4.74 Å². The Labute approximate surface area is 94.6 Å². The Balaban J connectivity index is 3.40. The lowest BCUT2D eigenvalue weighted by atomic mass is 10.1. The van der Waals surface area contributed by atoms with Gasteiger partial charge in [0.1, 0.15) is 0 Å². The minimum atomic E-state index is -0.551. The van der Waals surface area contributed by atoms with Crippen LogP contribution < -0.4 is 0 Å². The fourth-order valence-corrected chi connectivity index (χ4v) is 1.62. The van der Waals surface area contributed by atoms with Crippen molar-refractivity contribution in [1.29, 1.82) is 5.26 Å². The molecule has 15 heavy (non-hydrogen) atoms. The highest BCUT2D eigenvalue weighted by molar-refractivity contribution is 9.10. The molecule has 1 aromatic rings. The first-order valence-electron chi connectivity index (χ1n) is 3.91. The molecule has 5 heteroatoms. The Kier molecular flexibility index (Phi) is 3.58. The predicted molar refractivity (Wildman–Crippen MR) is 55.6 cm³/mol. The Morgan fingerprint density at radius 2 is 2.27 bits per heavy atom. The summed E-state index contributed by atoms with van der Waals surface area (Å²) in [7, 11) is 1.25. The maximum atomic E-state index is 11.2. The largest absolute Gasteiger partial charge is 0.465 e. The summed E-state index contributed by atoms with van der Waals surface area (Å²) >= 11 is 3.11. The molecule has 0 saturated heterocycles. The van der Waals surface area contributed by atoms with E-state index in [1.807, 2.05) is 6.07 Å². The minimum absolute atomic E-state index is 0.139. The van der Waals surface area contributed by atoms with Crippen molar-refractivity contribution in [2.45, 2.75) is 0 Å². The Morgan fingerprint density at radius 3 is 2.73 bits per heavy atom. The average molecular weight is 268 g/mol. The maximum Gasteiger partial charge on any atom is 0.337 e. The lowest BCUT2D eigenvalue weighted by Crippen LogP contribution is -2.03. The van der Waals surface area contributed by atoms with E-state index in [0.29, 0.717) is 10.8 Å². The number of hydrogen-bond acceptors (Lipinski definition) is 4. The molecule has 0 heterocycles. The van der Waals surface area contributed by atoms with Crippen molar-refractivity contribution < 1.29 is 14.3 Å². The average Bonchev–Trinajstić information content (AvgIpc) is 2.26. The number of methoxy groups -OCH3 is 1. The zero-order chi connectivity index (χ0) is 11.4. The fraction of sp³-hybridized carbons (Fsp3) is 0.100. The highest BCUT2D eigenvalue weighted by Gasteiger charge is 2.13. The first kappa shape index (κ1) is 11.4. The summed E-state index contributed by atoms with van der Waals surface area (Å²) < 4.78 is 4.91. The van der Waals surface area contributed by atoms with Crippen molar-refractivity contribution in [2.75, 3.05) is 7.11 Å². The number of esters is 1. The van der Waals surface area contributed by atoms with Crippen LogP contribution in [0.5, 0.6) is 0 Å². The molecule has 0 N–H and O–H groups in total. The van der Waals surface area contributed by atoms with Crippen LogP contribution in [0.2, 0.25) is 0 Å². The SMILES string of the molecule is COC(=O)c1cc(Br)c(C=O)c(C#N)c1. The van der Waals surface area contributed by atoms with E-state index in [1.54, 1.807) is 0 Å². The van der Waals surface area contributed by atoms with Crippen LogP contribution in [0.15, 0.2) is 16.6 Å². The van der Waals surface area contributed by atoms with Gasteiger partial charge in [-0.2, -0.15) is 5.26 Å². The quantitative estimate of drug-likeness (QED) is 0.607. The smallest absolute Gasteiger partial charge is 0.337 e. The van der Waals surface area contributed by atoms with Gasteiger partial charge in [-0.25, -0.2) is 4.79 Å². The van der Waals surface area contributed by atoms with Crippen LogP contribution in [0.1, 0.15) is 26.3 Å². The molecule has 0 aromatic heterocycles. The van der Waals surface area contributed by atoms with Crippen molar-refractivity contribution in [3.63, 3.8) is 0 Å². The second kappa shape index (κ2) is 4.71. The molecular weight excluding hydrogens is 262 g/mol. The summed E-state index contributed by atoms with van der Waals surface area (Å²) in [6.07, 6.45) is 0.559. The number of aldehydes is 1. The molecule has 0 aliphatic carbocycles. The number of nitriles is 1. The standard InChI is InChI=1S/C10H6BrNO3/c1-15-10(14)6-2-7(4-12)8(5-13)9(11)3-6/h2-3,5H,1H3. The highest BCUT2D eigenvalue weighted by Crippen LogP contribution is 2.21. The number of nitrogens with zero attached hydrogens (tertiary/aromatic N) is 1. The van der Waals surface area contributed by atoms with Gasteiger partial charge in [-0.3, -0.25) is 4.79 Å². The van der Waals surface area contributed by atoms with Gasteiger partial charge in [0.2, 0.25) is 0 Å². The van der Waals surface area contributed by atoms with E-state index in [4.69, 9.17) is 5.26 Å². The second-order valence-corrected chi connectivity index (χ2v) is 3.49. The molecule has 0 unspecified atom stereocenters. The number of hydrogen-bond donors (Lipinski definition) is 0. The Hall–Kier alpha value is -1.67. The number of halogens is 1. The van der Waals surface area contributed by atoms with Crippen LogP contribution in [0.4, 0.5) is 0 Å². The fourth-order valence-electron chi connectivity index (χ4n) is 1.07. The number of ether oxygens (including phenoxy) is 1. The van der Waals surface area contributed by atoms with Gasteiger partial charge < -0.3 is 4.74 Å². The molecule has 0 fully saturated rings. The van der Waals surface area contributed by atoms with E-state index in [1.165, 1.54) is 19.2 Å². The van der Waals surface area contributed by atoms with E-state index in [2.05, 4.69) is 20.7 Å². The van der Waals surface area contributed by atoms with E-state index >= 15 is 0 Å². The molecule has 4 nitrogen and oxygen atoms in total. The predicted octanol–water partition coefficient (Wildman–Crippen LogP) is 1.92. The first-order chi connectivity index (χ1) is 7.13. The van der Waals surface area contributed by atoms with Gasteiger partial charge in [-0.05, 0) is 28.1 Å². The number of carbonyl (C=O) groups excluding carboxylic acids is 2. The summed E-state index contributed by atoms with van der Waals surface area (Å²) in [4.78, 5) is 21.9. The summed E-state index contributed by atoms with van der Waals surface area (Å²) in [6, 6.07) is 4.60. The summed E-state index contributed by atoms with van der Waals surface area (Å²) in [5, 5.41) is 8.77. The third-order valence-corrected chi connectivity index (χ3v) is 2.45. The molecule has 1 aromatic carbocycles. The molecule has 0 spiro atoms. The van der Waals surface area contributed by atoms with E-state index < -0.39 is 5.97 Å². The summed E-state index contributed by atoms with van der Waals surface area (Å²) in [5.41, 5.74) is 0.594. The van der Waals surface area contributed by atoms with Gasteiger partial charge in [0.15, 0.2) is 6.29 Å². The third kappa shape index (κ3) is 2.22. The van der Waals surface area contributed by atoms with Crippen molar-refractivity contribution >= 4 is 28.2 Å². The molecule has 1 rings (SSSR count). The van der Waals surface area contributed by atoms with Crippen molar-refractivity contribution in [3.05, 3.63) is 33.3 Å². The van der Waals surface area contributed by atoms with Crippen molar-refractivity contribution in [1.82, 2.24) is 0 Å². The minimum Gasteiger partial charge on any atom is -0.465 e. The maximum absolute atomic E-state index is 11.2. The molecule has 0 atom stereocenters. The van der Waals surface area contributed by atoms with E-state index in [0.717, 1.165) is 0 Å². The van der Waals surface area contributed by atoms with Gasteiger partial charge >= 0.3 is 5.97 Å². The molecule has 0 saturated carbocycles. The monoisotopic (exact) mass is 267 g/mol. The van der Waals surface area contributed by atoms with Crippen LogP contribution in [0.25, 0.3) is 0 Å². The van der Waals surface area contributed by atoms with Gasteiger partial charge in [0.25, 0.3) is 0 Å². The molecule has 0 aliphatic rings. The lowest BCUT2D eigenvalue weighted by Gasteiger charge is -2.03. The molecule has 0 amide bonds. The normalized spacial score (nSPS) is 9.13. The summed E-state index contributed by atoms with van der Waals surface area (Å²) in [6.45, 7) is 0. The Bertz CT molecular complexity index is 462. The van der Waals surface area contributed by atoms with Crippen LogP contribution >= 0.6 is 15.9 Å². The second-order valence-electron chi connectivity index (χ2n) is 2.64. The zero-order valence-corrected chi connectivity index (χ0v) is 9.37. The molecule has 76 valence electrons. The van der Waals surface area contributed by atoms with Crippen LogP contribution in [0, 0.1) is 11.3 Å². The van der Waals surface area contributed by atoms with Crippen molar-refractivity contribution in [3.8, 4) is 6.07 Å². The lowest BCUT2D eigenvalue weighted by molar-refractivity contribution is 0.0600. The van der Waals surface area contributed by atoms with Crippen LogP contribution in [-0.4, -0.2) is 19.4 Å². The molecule has 0 aliphatic heterocycles. The first-order valence-corrected chi connectivity index (χ1v) is 4.70. The Morgan fingerprint density at radius 1 is 1.60 bits per heavy atom. The molecule has 0 bridgehead atoms. The van der Waals surface area contributed by atoms with Gasteiger partial charge in [0.05, 0.1) is 24.3 Å². The molecule has 0 radical (unpaired) electrons. The number of carbonyl (C=O) groups is 2. The topological polar surface area (TPSA) is 67.2 Å². The van der Waals surface area contributed by atoms with E-state index in [9.17, 15) is 9.59 Å². The number of rotatable bonds is 2. The number of benzene rings is 1. The van der Waals surface area contributed by atoms with Crippen molar-refractivity contribution in [2.24, 2.45) is 0 Å².